The van der Waals surface area contributed by atoms with Gasteiger partial charge in [0, 0.05) is 26.5 Å². The molecular weight excluding hydrogens is 224 g/mol. The van der Waals surface area contributed by atoms with E-state index in [-0.39, 0.29) is 5.56 Å². The molecule has 0 saturated carbocycles. The van der Waals surface area contributed by atoms with E-state index < -0.39 is 5.97 Å². The maximum Gasteiger partial charge on any atom is 0.339 e. The topological polar surface area (TPSA) is 73.6 Å². The van der Waals surface area contributed by atoms with Gasteiger partial charge in [-0.05, 0) is 13.3 Å². The second-order valence-corrected chi connectivity index (χ2v) is 3.66. The highest BCUT2D eigenvalue weighted by molar-refractivity contribution is 5.88. The number of methoxy groups -OCH3 is 1. The van der Waals surface area contributed by atoms with Gasteiger partial charge in [0.15, 0.2) is 0 Å². The largest absolute Gasteiger partial charge is 0.478 e. The van der Waals surface area contributed by atoms with E-state index in [0.29, 0.717) is 32.1 Å². The summed E-state index contributed by atoms with van der Waals surface area (Å²) < 4.78 is 11.8. The Morgan fingerprint density at radius 1 is 1.47 bits per heavy atom. The average molecular weight is 242 g/mol. The molecule has 0 aromatic carbocycles. The van der Waals surface area contributed by atoms with Crippen molar-refractivity contribution in [3.05, 3.63) is 17.5 Å². The molecule has 0 atom stereocenters. The summed E-state index contributed by atoms with van der Waals surface area (Å²) in [5.74, 6) is -0.940. The Balaban J connectivity index is 2.27. The molecule has 0 bridgehead atoms. The number of aromatic carboxylic acids is 1. The van der Waals surface area contributed by atoms with Crippen molar-refractivity contribution in [3.63, 3.8) is 0 Å². The molecule has 0 spiro atoms. The van der Waals surface area contributed by atoms with Gasteiger partial charge in [0.05, 0.1) is 18.9 Å². The van der Waals surface area contributed by atoms with E-state index in [9.17, 15) is 4.79 Å². The van der Waals surface area contributed by atoms with Crippen LogP contribution >= 0.6 is 0 Å². The number of hydrogen-bond acceptors (Lipinski definition) is 4. The van der Waals surface area contributed by atoms with E-state index in [0.717, 1.165) is 6.42 Å². The summed E-state index contributed by atoms with van der Waals surface area (Å²) in [4.78, 5) is 10.8. The molecule has 1 N–H and O–H groups in total. The van der Waals surface area contributed by atoms with Crippen molar-refractivity contribution in [2.45, 2.75) is 19.9 Å². The first-order valence-corrected chi connectivity index (χ1v) is 5.49. The zero-order valence-corrected chi connectivity index (χ0v) is 10.2. The minimum absolute atomic E-state index is 0.255. The molecule has 96 valence electrons. The smallest absolute Gasteiger partial charge is 0.339 e. The van der Waals surface area contributed by atoms with Crippen molar-refractivity contribution in [1.29, 1.82) is 0 Å². The molecule has 0 fully saturated rings. The fraction of sp³-hybridized carbons (Fsp3) is 0.636. The SMILES string of the molecule is COCCOCCCn1cc(C(=O)O)c(C)n1. The third kappa shape index (κ3) is 4.54. The van der Waals surface area contributed by atoms with Gasteiger partial charge >= 0.3 is 5.97 Å². The lowest BCUT2D eigenvalue weighted by molar-refractivity contribution is 0.0676. The molecule has 1 rings (SSSR count). The van der Waals surface area contributed by atoms with Gasteiger partial charge in [0.2, 0.25) is 0 Å². The number of carboxylic acids is 1. The molecule has 0 aliphatic heterocycles. The molecular formula is C11H18N2O4. The molecule has 6 nitrogen and oxygen atoms in total. The van der Waals surface area contributed by atoms with E-state index in [4.69, 9.17) is 14.6 Å². The van der Waals surface area contributed by atoms with Crippen molar-refractivity contribution < 1.29 is 19.4 Å². The molecule has 1 heterocycles. The normalized spacial score (nSPS) is 10.7. The van der Waals surface area contributed by atoms with Crippen LogP contribution in [0.4, 0.5) is 0 Å². The predicted octanol–water partition coefficient (Wildman–Crippen LogP) is 0.943. The van der Waals surface area contributed by atoms with Gasteiger partial charge in [0.25, 0.3) is 0 Å². The van der Waals surface area contributed by atoms with Gasteiger partial charge < -0.3 is 14.6 Å². The van der Waals surface area contributed by atoms with Crippen LogP contribution in [0.1, 0.15) is 22.5 Å². The van der Waals surface area contributed by atoms with E-state index >= 15 is 0 Å². The zero-order chi connectivity index (χ0) is 12.7. The highest BCUT2D eigenvalue weighted by Gasteiger charge is 2.11. The molecule has 0 unspecified atom stereocenters. The first-order chi connectivity index (χ1) is 8.15. The maximum absolute atomic E-state index is 10.8. The molecule has 1 aromatic heterocycles. The molecule has 0 aliphatic rings. The standard InChI is InChI=1S/C11H18N2O4/c1-9-10(11(14)15)8-13(12-9)4-3-5-17-7-6-16-2/h8H,3-7H2,1-2H3,(H,14,15). The summed E-state index contributed by atoms with van der Waals surface area (Å²) in [7, 11) is 1.63. The van der Waals surface area contributed by atoms with Crippen LogP contribution in [0, 0.1) is 6.92 Å². The van der Waals surface area contributed by atoms with Crippen molar-refractivity contribution in [2.75, 3.05) is 26.9 Å². The van der Waals surface area contributed by atoms with E-state index in [1.54, 1.807) is 24.9 Å². The molecule has 0 aliphatic carbocycles. The van der Waals surface area contributed by atoms with Gasteiger partial charge in [-0.2, -0.15) is 5.10 Å². The van der Waals surface area contributed by atoms with Crippen LogP contribution in [0.3, 0.4) is 0 Å². The Kier molecular flexibility index (Phi) is 5.65. The molecule has 0 saturated heterocycles. The second kappa shape index (κ2) is 7.03. The fourth-order valence-electron chi connectivity index (χ4n) is 1.42. The first kappa shape index (κ1) is 13.7. The minimum atomic E-state index is -0.940. The van der Waals surface area contributed by atoms with Gasteiger partial charge in [-0.1, -0.05) is 0 Å². The first-order valence-electron chi connectivity index (χ1n) is 5.49. The molecule has 1 aromatic rings. The van der Waals surface area contributed by atoms with Crippen LogP contribution in [0.5, 0.6) is 0 Å². The Morgan fingerprint density at radius 3 is 2.82 bits per heavy atom. The molecule has 0 radical (unpaired) electrons. The van der Waals surface area contributed by atoms with E-state index in [1.165, 1.54) is 0 Å². The number of carboxylic acid groups (broad SMARTS) is 1. The monoisotopic (exact) mass is 242 g/mol. The summed E-state index contributed by atoms with van der Waals surface area (Å²) >= 11 is 0. The summed E-state index contributed by atoms with van der Waals surface area (Å²) in [5.41, 5.74) is 0.795. The number of rotatable bonds is 8. The van der Waals surface area contributed by atoms with Crippen LogP contribution in [0.25, 0.3) is 0 Å². The number of carbonyl (C=O) groups is 1. The van der Waals surface area contributed by atoms with E-state index in [1.807, 2.05) is 0 Å². The quantitative estimate of drug-likeness (QED) is 0.687. The fourth-order valence-corrected chi connectivity index (χ4v) is 1.42. The Hall–Kier alpha value is -1.40. The van der Waals surface area contributed by atoms with Gasteiger partial charge in [0.1, 0.15) is 5.56 Å². The third-order valence-corrected chi connectivity index (χ3v) is 2.28. The minimum Gasteiger partial charge on any atom is -0.478 e. The summed E-state index contributed by atoms with van der Waals surface area (Å²) in [6, 6.07) is 0. The molecule has 17 heavy (non-hydrogen) atoms. The van der Waals surface area contributed by atoms with Crippen molar-refractivity contribution in [1.82, 2.24) is 9.78 Å². The third-order valence-electron chi connectivity index (χ3n) is 2.28. The maximum atomic E-state index is 10.8. The predicted molar refractivity (Wildman–Crippen MR) is 61.2 cm³/mol. The lowest BCUT2D eigenvalue weighted by atomic mass is 10.3. The Labute approximate surface area is 100 Å². The second-order valence-electron chi connectivity index (χ2n) is 3.66. The lowest BCUT2D eigenvalue weighted by Gasteiger charge is -2.03. The summed E-state index contributed by atoms with van der Waals surface area (Å²) in [6.07, 6.45) is 2.34. The van der Waals surface area contributed by atoms with Crippen molar-refractivity contribution in [2.24, 2.45) is 0 Å². The molecule has 0 amide bonds. The lowest BCUT2D eigenvalue weighted by Crippen LogP contribution is -2.06. The Bertz CT molecular complexity index is 362. The van der Waals surface area contributed by atoms with Crippen LogP contribution in [0.2, 0.25) is 0 Å². The van der Waals surface area contributed by atoms with Crippen LogP contribution in [0.15, 0.2) is 6.20 Å². The van der Waals surface area contributed by atoms with Crippen LogP contribution in [-0.4, -0.2) is 47.8 Å². The van der Waals surface area contributed by atoms with Crippen LogP contribution in [-0.2, 0) is 16.0 Å². The van der Waals surface area contributed by atoms with Gasteiger partial charge in [-0.3, -0.25) is 4.68 Å². The Morgan fingerprint density at radius 2 is 2.24 bits per heavy atom. The number of aromatic nitrogens is 2. The van der Waals surface area contributed by atoms with Crippen LogP contribution < -0.4 is 0 Å². The van der Waals surface area contributed by atoms with Gasteiger partial charge in [-0.15, -0.1) is 0 Å². The summed E-state index contributed by atoms with van der Waals surface area (Å²) in [6.45, 7) is 4.12. The number of aryl methyl sites for hydroxylation is 2. The highest BCUT2D eigenvalue weighted by atomic mass is 16.5. The average Bonchev–Trinajstić information content (AvgIpc) is 2.65. The zero-order valence-electron chi connectivity index (χ0n) is 10.2. The number of hydrogen-bond donors (Lipinski definition) is 1. The number of nitrogens with zero attached hydrogens (tertiary/aromatic N) is 2. The molecule has 6 heteroatoms. The van der Waals surface area contributed by atoms with Gasteiger partial charge in [-0.25, -0.2) is 4.79 Å². The highest BCUT2D eigenvalue weighted by Crippen LogP contribution is 2.05. The number of ether oxygens (including phenoxy) is 2. The van der Waals surface area contributed by atoms with Crippen molar-refractivity contribution >= 4 is 5.97 Å². The van der Waals surface area contributed by atoms with E-state index in [2.05, 4.69) is 5.10 Å². The van der Waals surface area contributed by atoms with Crippen molar-refractivity contribution in [3.8, 4) is 0 Å². The summed E-state index contributed by atoms with van der Waals surface area (Å²) in [5, 5.41) is 13.0.